The molecule has 5 heteroatoms. The van der Waals surface area contributed by atoms with Crippen LogP contribution in [0.3, 0.4) is 0 Å². The van der Waals surface area contributed by atoms with Crippen molar-refractivity contribution in [2.75, 3.05) is 38.1 Å². The molecule has 0 amide bonds. The molecule has 1 aliphatic heterocycles. The van der Waals surface area contributed by atoms with E-state index >= 15 is 0 Å². The number of anilines is 1. The van der Waals surface area contributed by atoms with E-state index in [0.29, 0.717) is 6.04 Å². The Morgan fingerprint density at radius 3 is 3.06 bits per heavy atom. The zero-order valence-corrected chi connectivity index (χ0v) is 12.5. The maximum atomic E-state index is 4.58. The van der Waals surface area contributed by atoms with Crippen LogP contribution in [0.15, 0.2) is 6.20 Å². The number of aromatic nitrogens is 1. The molecular formula is C13H24N4S. The Kier molecular flexibility index (Phi) is 4.97. The Morgan fingerprint density at radius 1 is 1.50 bits per heavy atom. The minimum atomic E-state index is 0.561. The molecule has 0 aromatic carbocycles. The Morgan fingerprint density at radius 2 is 2.33 bits per heavy atom. The van der Waals surface area contributed by atoms with Crippen molar-refractivity contribution in [1.82, 2.24) is 15.2 Å². The predicted octanol–water partition coefficient (Wildman–Crippen LogP) is 1.78. The molecule has 102 valence electrons. The highest BCUT2D eigenvalue weighted by Crippen LogP contribution is 2.25. The lowest BCUT2D eigenvalue weighted by atomic mass is 10.2. The normalized spacial score (nSPS) is 21.5. The van der Waals surface area contributed by atoms with Gasteiger partial charge in [0.05, 0.1) is 0 Å². The third-order valence-electron chi connectivity index (χ3n) is 3.34. The summed E-state index contributed by atoms with van der Waals surface area (Å²) in [6.07, 6.45) is 3.20. The molecule has 1 saturated heterocycles. The van der Waals surface area contributed by atoms with E-state index in [-0.39, 0.29) is 0 Å². The molecule has 4 nitrogen and oxygen atoms in total. The van der Waals surface area contributed by atoms with Crippen molar-refractivity contribution in [1.29, 1.82) is 0 Å². The lowest BCUT2D eigenvalue weighted by Crippen LogP contribution is -2.50. The van der Waals surface area contributed by atoms with Crippen LogP contribution in [0.4, 0.5) is 5.13 Å². The van der Waals surface area contributed by atoms with Crippen molar-refractivity contribution >= 4 is 16.5 Å². The van der Waals surface area contributed by atoms with E-state index in [1.54, 1.807) is 0 Å². The van der Waals surface area contributed by atoms with Gasteiger partial charge in [0.1, 0.15) is 0 Å². The van der Waals surface area contributed by atoms with Crippen LogP contribution in [0.2, 0.25) is 0 Å². The summed E-state index contributed by atoms with van der Waals surface area (Å²) in [7, 11) is 2.19. The molecule has 2 rings (SSSR count). The highest BCUT2D eigenvalue weighted by atomic mass is 32.1. The zero-order chi connectivity index (χ0) is 13.0. The molecule has 1 aliphatic rings. The predicted molar refractivity (Wildman–Crippen MR) is 78.4 cm³/mol. The van der Waals surface area contributed by atoms with Crippen LogP contribution in [0, 0.1) is 0 Å². The van der Waals surface area contributed by atoms with E-state index in [1.807, 2.05) is 17.5 Å². The summed E-state index contributed by atoms with van der Waals surface area (Å²) >= 11 is 1.83. The molecule has 0 bridgehead atoms. The molecule has 1 fully saturated rings. The molecule has 0 aliphatic carbocycles. The lowest BCUT2D eigenvalue weighted by molar-refractivity contribution is 0.275. The third kappa shape index (κ3) is 3.43. The minimum absolute atomic E-state index is 0.561. The first-order valence-corrected chi connectivity index (χ1v) is 7.63. The molecule has 1 unspecified atom stereocenters. The molecule has 1 aromatic rings. The fraction of sp³-hybridized carbons (Fsp3) is 0.769. The number of thiazole rings is 1. The molecule has 0 spiro atoms. The number of hydrogen-bond donors (Lipinski definition) is 1. The van der Waals surface area contributed by atoms with Crippen LogP contribution < -0.4 is 10.2 Å². The smallest absolute Gasteiger partial charge is 0.185 e. The van der Waals surface area contributed by atoms with E-state index in [1.165, 1.54) is 16.4 Å². The molecule has 2 heterocycles. The van der Waals surface area contributed by atoms with E-state index < -0.39 is 0 Å². The molecule has 0 saturated carbocycles. The van der Waals surface area contributed by atoms with Gasteiger partial charge in [0.15, 0.2) is 5.13 Å². The number of rotatable bonds is 5. The Hall–Kier alpha value is -0.650. The van der Waals surface area contributed by atoms with Gasteiger partial charge in [-0.15, -0.1) is 11.3 Å². The van der Waals surface area contributed by atoms with E-state index in [9.17, 15) is 0 Å². The van der Waals surface area contributed by atoms with Gasteiger partial charge in [0, 0.05) is 43.3 Å². The topological polar surface area (TPSA) is 31.4 Å². The average Bonchev–Trinajstić information content (AvgIpc) is 2.78. The average molecular weight is 268 g/mol. The SMILES string of the molecule is CCCNCc1cnc(N2CCN(C)CC2C)s1. The fourth-order valence-corrected chi connectivity index (χ4v) is 3.33. The highest BCUT2D eigenvalue weighted by molar-refractivity contribution is 7.15. The maximum Gasteiger partial charge on any atom is 0.185 e. The molecule has 1 N–H and O–H groups in total. The minimum Gasteiger partial charge on any atom is -0.343 e. The second kappa shape index (κ2) is 6.50. The van der Waals surface area contributed by atoms with Crippen LogP contribution in [0.1, 0.15) is 25.1 Å². The monoisotopic (exact) mass is 268 g/mol. The standard InChI is InChI=1S/C13H24N4S/c1-4-5-14-8-12-9-15-13(18-12)17-7-6-16(3)10-11(17)2/h9,11,14H,4-8,10H2,1-3H3. The van der Waals surface area contributed by atoms with Crippen LogP contribution >= 0.6 is 11.3 Å². The first-order valence-electron chi connectivity index (χ1n) is 6.81. The quantitative estimate of drug-likeness (QED) is 0.825. The van der Waals surface area contributed by atoms with Crippen molar-refractivity contribution in [3.63, 3.8) is 0 Å². The van der Waals surface area contributed by atoms with Gasteiger partial charge in [0.25, 0.3) is 0 Å². The molecule has 1 aromatic heterocycles. The van der Waals surface area contributed by atoms with Gasteiger partial charge in [-0.25, -0.2) is 4.98 Å². The number of nitrogens with zero attached hydrogens (tertiary/aromatic N) is 3. The summed E-state index contributed by atoms with van der Waals surface area (Å²) in [6.45, 7) is 9.86. The first-order chi connectivity index (χ1) is 8.70. The van der Waals surface area contributed by atoms with Crippen molar-refractivity contribution in [3.05, 3.63) is 11.1 Å². The zero-order valence-electron chi connectivity index (χ0n) is 11.6. The van der Waals surface area contributed by atoms with Crippen molar-refractivity contribution in [3.8, 4) is 0 Å². The third-order valence-corrected chi connectivity index (χ3v) is 4.38. The number of piperazine rings is 1. The second-order valence-electron chi connectivity index (χ2n) is 5.09. The van der Waals surface area contributed by atoms with Crippen LogP contribution in [0.5, 0.6) is 0 Å². The van der Waals surface area contributed by atoms with Gasteiger partial charge >= 0.3 is 0 Å². The van der Waals surface area contributed by atoms with Gasteiger partial charge in [-0.3, -0.25) is 0 Å². The largest absolute Gasteiger partial charge is 0.343 e. The van der Waals surface area contributed by atoms with Crippen LogP contribution in [0.25, 0.3) is 0 Å². The van der Waals surface area contributed by atoms with Gasteiger partial charge in [-0.1, -0.05) is 6.92 Å². The number of hydrogen-bond acceptors (Lipinski definition) is 5. The van der Waals surface area contributed by atoms with Crippen molar-refractivity contribution in [2.24, 2.45) is 0 Å². The molecular weight excluding hydrogens is 244 g/mol. The van der Waals surface area contributed by atoms with Gasteiger partial charge in [0.2, 0.25) is 0 Å². The van der Waals surface area contributed by atoms with E-state index in [0.717, 1.165) is 32.7 Å². The summed E-state index contributed by atoms with van der Waals surface area (Å²) in [5.41, 5.74) is 0. The highest BCUT2D eigenvalue weighted by Gasteiger charge is 2.23. The Labute approximate surface area is 114 Å². The maximum absolute atomic E-state index is 4.58. The van der Waals surface area contributed by atoms with Gasteiger partial charge in [-0.2, -0.15) is 0 Å². The lowest BCUT2D eigenvalue weighted by Gasteiger charge is -2.38. The molecule has 18 heavy (non-hydrogen) atoms. The molecule has 0 radical (unpaired) electrons. The Balaban J connectivity index is 1.92. The summed E-state index contributed by atoms with van der Waals surface area (Å²) in [4.78, 5) is 10.7. The number of nitrogens with one attached hydrogen (secondary N) is 1. The summed E-state index contributed by atoms with van der Waals surface area (Å²) in [6, 6.07) is 0.561. The fourth-order valence-electron chi connectivity index (χ4n) is 2.32. The van der Waals surface area contributed by atoms with E-state index in [2.05, 4.69) is 41.0 Å². The second-order valence-corrected chi connectivity index (χ2v) is 6.18. The molecule has 1 atom stereocenters. The van der Waals surface area contributed by atoms with Gasteiger partial charge in [-0.05, 0) is 26.9 Å². The first kappa shape index (κ1) is 13.8. The van der Waals surface area contributed by atoms with E-state index in [4.69, 9.17) is 0 Å². The van der Waals surface area contributed by atoms with Crippen LogP contribution in [-0.2, 0) is 6.54 Å². The Bertz CT molecular complexity index is 366. The summed E-state index contributed by atoms with van der Waals surface area (Å²) in [5.74, 6) is 0. The summed E-state index contributed by atoms with van der Waals surface area (Å²) in [5, 5.41) is 4.61. The summed E-state index contributed by atoms with van der Waals surface area (Å²) < 4.78 is 0. The van der Waals surface area contributed by atoms with Crippen molar-refractivity contribution in [2.45, 2.75) is 32.9 Å². The number of likely N-dealkylation sites (N-methyl/N-ethyl adjacent to an activating group) is 1. The van der Waals surface area contributed by atoms with Gasteiger partial charge < -0.3 is 15.1 Å². The van der Waals surface area contributed by atoms with Crippen LogP contribution in [-0.4, -0.2) is 49.2 Å². The van der Waals surface area contributed by atoms with Crippen molar-refractivity contribution < 1.29 is 0 Å².